The summed E-state index contributed by atoms with van der Waals surface area (Å²) in [4.78, 5) is 40.1. The van der Waals surface area contributed by atoms with Crippen LogP contribution in [-0.4, -0.2) is 69.4 Å². The van der Waals surface area contributed by atoms with Gasteiger partial charge in [-0.05, 0) is 109 Å². The van der Waals surface area contributed by atoms with Gasteiger partial charge in [0, 0.05) is 12.8 Å². The zero-order valence-corrected chi connectivity index (χ0v) is 54.6. The lowest BCUT2D eigenvalue weighted by molar-refractivity contribution is -0.870. The number of esters is 1. The second kappa shape index (κ2) is 60.3. The molecule has 0 saturated heterocycles. The number of nitrogens with one attached hydrogen (secondary N) is 1. The van der Waals surface area contributed by atoms with Gasteiger partial charge < -0.3 is 28.5 Å². The Bertz CT molecular complexity index is 1660. The van der Waals surface area contributed by atoms with E-state index < -0.39 is 26.6 Å². The number of amides is 1. The number of phosphoric ester groups is 1. The number of allylic oxidation sites excluding steroid dienone is 13. The van der Waals surface area contributed by atoms with E-state index in [1.807, 2.05) is 33.3 Å². The Balaban J connectivity index is 5.22. The fraction of sp³-hybridized carbons (Fsp3) is 0.775. The molecule has 0 bridgehead atoms. The molecule has 0 fully saturated rings. The van der Waals surface area contributed by atoms with Gasteiger partial charge in [0.15, 0.2) is 0 Å². The van der Waals surface area contributed by atoms with Crippen LogP contribution in [0.15, 0.2) is 85.1 Å². The molecule has 0 aliphatic rings. The molecule has 0 aromatic carbocycles. The zero-order valence-electron chi connectivity index (χ0n) is 53.7. The Morgan fingerprint density at radius 3 is 1.15 bits per heavy atom. The highest BCUT2D eigenvalue weighted by Crippen LogP contribution is 2.38. The predicted octanol–water partition coefficient (Wildman–Crippen LogP) is 20.7. The highest BCUT2D eigenvalue weighted by Gasteiger charge is 2.27. The number of carbonyl (C=O) groups excluding carboxylic acids is 2. The van der Waals surface area contributed by atoms with Gasteiger partial charge in [-0.15, -0.1) is 0 Å². The fourth-order valence-electron chi connectivity index (χ4n) is 9.54. The molecular formula is C71H129N2O7P. The number of unbranched alkanes of at least 4 members (excludes halogenated alkanes) is 33. The summed E-state index contributed by atoms with van der Waals surface area (Å²) in [5, 5.41) is 3.03. The summed E-state index contributed by atoms with van der Waals surface area (Å²) in [6, 6.07) is -0.900. The molecule has 0 aliphatic heterocycles. The molecule has 3 atom stereocenters. The topological polar surface area (TPSA) is 114 Å². The van der Waals surface area contributed by atoms with Crippen LogP contribution in [0.3, 0.4) is 0 Å². The van der Waals surface area contributed by atoms with E-state index in [9.17, 15) is 19.0 Å². The average molecular weight is 1150 g/mol. The third-order valence-electron chi connectivity index (χ3n) is 14.8. The van der Waals surface area contributed by atoms with Gasteiger partial charge in [0.1, 0.15) is 19.3 Å². The summed E-state index contributed by atoms with van der Waals surface area (Å²) in [7, 11) is 1.17. The summed E-state index contributed by atoms with van der Waals surface area (Å²) >= 11 is 0. The third-order valence-corrected chi connectivity index (χ3v) is 15.8. The summed E-state index contributed by atoms with van der Waals surface area (Å²) in [6.45, 7) is 6.80. The van der Waals surface area contributed by atoms with Crippen molar-refractivity contribution in [2.45, 2.75) is 315 Å². The predicted molar refractivity (Wildman–Crippen MR) is 348 cm³/mol. The average Bonchev–Trinajstić information content (AvgIpc) is 3.44. The van der Waals surface area contributed by atoms with E-state index in [1.54, 1.807) is 0 Å². The SMILES string of the molecule is CCCCC/C=C\C/C=C\C/C=C\CCCCCCCCCCC(=O)NC(COP(=O)([O-])OCC[N+](C)(C)C)C(/C=C/CCCCCCCCCCCCC)OC(=O)CCCCCCCCCC/C=C\C/C=C\C/C=C\CCCCC. The van der Waals surface area contributed by atoms with Crippen molar-refractivity contribution in [1.29, 1.82) is 0 Å². The number of rotatable bonds is 61. The molecule has 9 nitrogen and oxygen atoms in total. The minimum absolute atomic E-state index is 0.0281. The van der Waals surface area contributed by atoms with Crippen LogP contribution in [0.5, 0.6) is 0 Å². The summed E-state index contributed by atoms with van der Waals surface area (Å²) < 4.78 is 30.4. The normalized spacial score (nSPS) is 14.1. The van der Waals surface area contributed by atoms with E-state index in [0.29, 0.717) is 17.4 Å². The Morgan fingerprint density at radius 1 is 0.432 bits per heavy atom. The smallest absolute Gasteiger partial charge is 0.306 e. The molecule has 81 heavy (non-hydrogen) atoms. The van der Waals surface area contributed by atoms with E-state index in [-0.39, 0.29) is 24.9 Å². The first kappa shape index (κ1) is 78.2. The van der Waals surface area contributed by atoms with Gasteiger partial charge >= 0.3 is 5.97 Å². The Kier molecular flexibility index (Phi) is 58.2. The lowest BCUT2D eigenvalue weighted by Gasteiger charge is -2.30. The van der Waals surface area contributed by atoms with Crippen LogP contribution >= 0.6 is 7.82 Å². The Hall–Kier alpha value is -2.81. The van der Waals surface area contributed by atoms with Crippen molar-refractivity contribution < 1.29 is 37.3 Å². The molecular weight excluding hydrogens is 1020 g/mol. The fourth-order valence-corrected chi connectivity index (χ4v) is 10.3. The van der Waals surface area contributed by atoms with Gasteiger partial charge in [-0.2, -0.15) is 0 Å². The number of nitrogens with zero attached hydrogens (tertiary/aromatic N) is 1. The van der Waals surface area contributed by atoms with Crippen LogP contribution in [0.2, 0.25) is 0 Å². The highest BCUT2D eigenvalue weighted by atomic mass is 31.2. The number of hydrogen-bond acceptors (Lipinski definition) is 7. The summed E-state index contributed by atoms with van der Waals surface area (Å²) in [6.07, 6.45) is 79.7. The molecule has 0 heterocycles. The first-order valence-electron chi connectivity index (χ1n) is 33.9. The highest BCUT2D eigenvalue weighted by molar-refractivity contribution is 7.45. The van der Waals surface area contributed by atoms with Gasteiger partial charge in [-0.25, -0.2) is 0 Å². The third kappa shape index (κ3) is 61.6. The van der Waals surface area contributed by atoms with E-state index in [1.165, 1.54) is 161 Å². The van der Waals surface area contributed by atoms with Gasteiger partial charge in [-0.1, -0.05) is 267 Å². The van der Waals surface area contributed by atoms with Crippen LogP contribution in [0.25, 0.3) is 0 Å². The second-order valence-electron chi connectivity index (χ2n) is 24.0. The number of hydrogen-bond donors (Lipinski definition) is 1. The summed E-state index contributed by atoms with van der Waals surface area (Å²) in [5.74, 6) is -0.554. The maximum atomic E-state index is 13.6. The zero-order chi connectivity index (χ0) is 59.3. The van der Waals surface area contributed by atoms with Crippen molar-refractivity contribution in [2.24, 2.45) is 0 Å². The number of likely N-dealkylation sites (N-methyl/N-ethyl adjacent to an activating group) is 1. The molecule has 0 aromatic heterocycles. The molecule has 0 aromatic rings. The number of phosphoric acid groups is 1. The van der Waals surface area contributed by atoms with Crippen molar-refractivity contribution in [3.05, 3.63) is 85.1 Å². The molecule has 470 valence electrons. The van der Waals surface area contributed by atoms with Crippen LogP contribution < -0.4 is 10.2 Å². The van der Waals surface area contributed by atoms with Crippen LogP contribution in [0.4, 0.5) is 0 Å². The minimum atomic E-state index is -4.71. The largest absolute Gasteiger partial charge is 0.756 e. The Morgan fingerprint density at radius 2 is 0.753 bits per heavy atom. The molecule has 10 heteroatoms. The van der Waals surface area contributed by atoms with Crippen molar-refractivity contribution in [1.82, 2.24) is 5.32 Å². The van der Waals surface area contributed by atoms with Crippen molar-refractivity contribution in [3.8, 4) is 0 Å². The molecule has 3 unspecified atom stereocenters. The number of quaternary nitrogens is 1. The van der Waals surface area contributed by atoms with Gasteiger partial charge in [0.05, 0.1) is 33.8 Å². The first-order valence-corrected chi connectivity index (χ1v) is 35.4. The summed E-state index contributed by atoms with van der Waals surface area (Å²) in [5.41, 5.74) is 0. The number of ether oxygens (including phenoxy) is 1. The molecule has 1 N–H and O–H groups in total. The quantitative estimate of drug-likeness (QED) is 0.0212. The monoisotopic (exact) mass is 1150 g/mol. The van der Waals surface area contributed by atoms with E-state index >= 15 is 0 Å². The van der Waals surface area contributed by atoms with Crippen molar-refractivity contribution in [2.75, 3.05) is 40.9 Å². The van der Waals surface area contributed by atoms with Crippen LogP contribution in [0, 0.1) is 0 Å². The van der Waals surface area contributed by atoms with Gasteiger partial charge in [0.2, 0.25) is 5.91 Å². The maximum Gasteiger partial charge on any atom is 0.306 e. The molecule has 1 amide bonds. The lowest BCUT2D eigenvalue weighted by atomic mass is 10.0. The molecule has 0 radical (unpaired) electrons. The van der Waals surface area contributed by atoms with E-state index in [4.69, 9.17) is 13.8 Å². The standard InChI is InChI=1S/C71H129N2O7P/c1-7-10-13-16-19-22-25-28-30-32-34-36-38-40-42-45-48-51-54-57-60-63-70(74)72-68(67-79-81(76,77)78-66-65-73(4,5)6)69(62-59-56-53-50-47-44-27-24-21-18-15-12-9-3)80-71(75)64-61-58-55-52-49-46-43-41-39-37-35-33-31-29-26-23-20-17-14-11-8-2/h19-20,22-23,28-31,34-37,59,62,68-69H,7-18,21,24-27,32-33,38-58,60-61,63-67H2,1-6H3,(H-,72,74,76,77)/b22-19-,23-20-,30-28-,31-29-,36-34-,37-35-,62-59+. The molecule has 0 aliphatic carbocycles. The minimum Gasteiger partial charge on any atom is -0.756 e. The van der Waals surface area contributed by atoms with Crippen molar-refractivity contribution in [3.63, 3.8) is 0 Å². The Labute approximate surface area is 501 Å². The van der Waals surface area contributed by atoms with E-state index in [0.717, 1.165) is 109 Å². The lowest BCUT2D eigenvalue weighted by Crippen LogP contribution is -2.47. The van der Waals surface area contributed by atoms with Crippen LogP contribution in [-0.2, 0) is 27.9 Å². The molecule has 0 spiro atoms. The van der Waals surface area contributed by atoms with Crippen LogP contribution in [0.1, 0.15) is 303 Å². The van der Waals surface area contributed by atoms with Gasteiger partial charge in [-0.3, -0.25) is 14.2 Å². The number of carbonyl (C=O) groups is 2. The van der Waals surface area contributed by atoms with E-state index in [2.05, 4.69) is 99.0 Å². The maximum absolute atomic E-state index is 13.6. The first-order chi connectivity index (χ1) is 39.4. The second-order valence-corrected chi connectivity index (χ2v) is 25.4. The molecule has 0 saturated carbocycles. The van der Waals surface area contributed by atoms with Gasteiger partial charge in [0.25, 0.3) is 7.82 Å². The van der Waals surface area contributed by atoms with Crippen molar-refractivity contribution >= 4 is 19.7 Å². The molecule has 0 rings (SSSR count).